The molecular formula is C9H12BrNO. The Morgan fingerprint density at radius 2 is 2.25 bits per heavy atom. The van der Waals surface area contributed by atoms with Crippen molar-refractivity contribution in [2.45, 2.75) is 20.3 Å². The van der Waals surface area contributed by atoms with E-state index < -0.39 is 0 Å². The first-order chi connectivity index (χ1) is 5.59. The third-order valence-corrected chi connectivity index (χ3v) is 2.13. The maximum atomic E-state index is 9.30. The van der Waals surface area contributed by atoms with Crippen molar-refractivity contribution >= 4 is 15.9 Å². The molecule has 12 heavy (non-hydrogen) atoms. The van der Waals surface area contributed by atoms with E-state index in [9.17, 15) is 5.11 Å². The number of rotatable bonds is 2. The molecule has 0 aliphatic heterocycles. The highest BCUT2D eigenvalue weighted by Crippen LogP contribution is 2.22. The van der Waals surface area contributed by atoms with Crippen LogP contribution in [0.15, 0.2) is 16.9 Å². The van der Waals surface area contributed by atoms with Crippen molar-refractivity contribution in [3.63, 3.8) is 0 Å². The molecule has 0 saturated carbocycles. The van der Waals surface area contributed by atoms with E-state index in [2.05, 4.69) is 34.8 Å². The van der Waals surface area contributed by atoms with Crippen molar-refractivity contribution in [3.8, 4) is 5.75 Å². The highest BCUT2D eigenvalue weighted by molar-refractivity contribution is 9.10. The van der Waals surface area contributed by atoms with E-state index >= 15 is 0 Å². The quantitative estimate of drug-likeness (QED) is 0.792. The van der Waals surface area contributed by atoms with Crippen LogP contribution >= 0.6 is 15.9 Å². The van der Waals surface area contributed by atoms with Gasteiger partial charge in [-0.05, 0) is 39.9 Å². The molecule has 0 atom stereocenters. The van der Waals surface area contributed by atoms with Gasteiger partial charge in [0.1, 0.15) is 10.4 Å². The summed E-state index contributed by atoms with van der Waals surface area (Å²) in [6, 6.07) is 1.75. The number of nitrogens with zero attached hydrogens (tertiary/aromatic N) is 1. The highest BCUT2D eigenvalue weighted by atomic mass is 79.9. The van der Waals surface area contributed by atoms with Crippen molar-refractivity contribution in [1.29, 1.82) is 0 Å². The molecule has 1 aromatic rings. The van der Waals surface area contributed by atoms with Crippen LogP contribution in [0.1, 0.15) is 19.4 Å². The molecule has 0 fully saturated rings. The van der Waals surface area contributed by atoms with Crippen molar-refractivity contribution < 1.29 is 5.11 Å². The Bertz CT molecular complexity index is 273. The molecule has 3 heteroatoms. The van der Waals surface area contributed by atoms with Gasteiger partial charge in [-0.1, -0.05) is 13.8 Å². The molecule has 2 nitrogen and oxygen atoms in total. The Balaban J connectivity index is 2.82. The van der Waals surface area contributed by atoms with E-state index in [0.29, 0.717) is 10.5 Å². The number of pyridine rings is 1. The van der Waals surface area contributed by atoms with Gasteiger partial charge in [0, 0.05) is 6.20 Å². The first-order valence-electron chi connectivity index (χ1n) is 3.93. The summed E-state index contributed by atoms with van der Waals surface area (Å²) in [5.74, 6) is 0.806. The average Bonchev–Trinajstić information content (AvgIpc) is 1.96. The van der Waals surface area contributed by atoms with Gasteiger partial charge in [-0.25, -0.2) is 4.98 Å². The molecule has 1 heterocycles. The molecule has 0 amide bonds. The lowest BCUT2D eigenvalue weighted by molar-refractivity contribution is 0.467. The largest absolute Gasteiger partial charge is 0.505 e. The Kier molecular flexibility index (Phi) is 3.09. The first-order valence-corrected chi connectivity index (χ1v) is 4.72. The summed E-state index contributed by atoms with van der Waals surface area (Å²) in [6.45, 7) is 4.28. The third kappa shape index (κ3) is 2.48. The molecule has 0 aliphatic rings. The molecule has 1 aromatic heterocycles. The van der Waals surface area contributed by atoms with Crippen molar-refractivity contribution in [1.82, 2.24) is 4.98 Å². The lowest BCUT2D eigenvalue weighted by Crippen LogP contribution is -1.94. The van der Waals surface area contributed by atoms with Gasteiger partial charge in [-0.2, -0.15) is 0 Å². The lowest BCUT2D eigenvalue weighted by atomic mass is 10.1. The fourth-order valence-corrected chi connectivity index (χ4v) is 1.28. The summed E-state index contributed by atoms with van der Waals surface area (Å²) in [7, 11) is 0. The van der Waals surface area contributed by atoms with Gasteiger partial charge in [0.2, 0.25) is 0 Å². The van der Waals surface area contributed by atoms with Gasteiger partial charge < -0.3 is 5.11 Å². The summed E-state index contributed by atoms with van der Waals surface area (Å²) in [4.78, 5) is 4.00. The van der Waals surface area contributed by atoms with E-state index in [1.165, 1.54) is 0 Å². The molecular weight excluding hydrogens is 218 g/mol. The Hall–Kier alpha value is -0.570. The SMILES string of the molecule is CC(C)Cc1cnc(Br)c(O)c1. The van der Waals surface area contributed by atoms with Crippen molar-refractivity contribution in [2.75, 3.05) is 0 Å². The van der Waals surface area contributed by atoms with Crippen molar-refractivity contribution in [2.24, 2.45) is 5.92 Å². The van der Waals surface area contributed by atoms with Crippen LogP contribution < -0.4 is 0 Å². The lowest BCUT2D eigenvalue weighted by Gasteiger charge is -2.04. The van der Waals surface area contributed by atoms with Crippen LogP contribution in [0.3, 0.4) is 0 Å². The highest BCUT2D eigenvalue weighted by Gasteiger charge is 2.02. The fraction of sp³-hybridized carbons (Fsp3) is 0.444. The number of halogens is 1. The van der Waals surface area contributed by atoms with Gasteiger partial charge in [0.05, 0.1) is 0 Å². The third-order valence-electron chi connectivity index (χ3n) is 1.52. The molecule has 66 valence electrons. The Morgan fingerprint density at radius 3 is 2.75 bits per heavy atom. The maximum Gasteiger partial charge on any atom is 0.148 e. The molecule has 1 N–H and O–H groups in total. The van der Waals surface area contributed by atoms with Gasteiger partial charge in [0.25, 0.3) is 0 Å². The standard InChI is InChI=1S/C9H12BrNO/c1-6(2)3-7-4-8(12)9(10)11-5-7/h4-6,12H,3H2,1-2H3. The van der Waals surface area contributed by atoms with Crippen LogP contribution in [0.2, 0.25) is 0 Å². The molecule has 0 aromatic carbocycles. The summed E-state index contributed by atoms with van der Waals surface area (Å²) in [6.07, 6.45) is 2.73. The number of hydrogen-bond acceptors (Lipinski definition) is 2. The molecule has 0 aliphatic carbocycles. The first kappa shape index (κ1) is 9.52. The van der Waals surface area contributed by atoms with Crippen LogP contribution in [0.25, 0.3) is 0 Å². The summed E-state index contributed by atoms with van der Waals surface area (Å²) >= 11 is 3.13. The minimum atomic E-state index is 0.216. The van der Waals surface area contributed by atoms with Crippen LogP contribution in [-0.4, -0.2) is 10.1 Å². The smallest absolute Gasteiger partial charge is 0.148 e. The van der Waals surface area contributed by atoms with Crippen molar-refractivity contribution in [3.05, 3.63) is 22.4 Å². The van der Waals surface area contributed by atoms with Gasteiger partial charge in [-0.15, -0.1) is 0 Å². The maximum absolute atomic E-state index is 9.30. The normalized spacial score (nSPS) is 10.7. The second kappa shape index (κ2) is 3.90. The topological polar surface area (TPSA) is 33.1 Å². The fourth-order valence-electron chi connectivity index (χ4n) is 1.06. The molecule has 0 spiro atoms. The van der Waals surface area contributed by atoms with Gasteiger partial charge in [0.15, 0.2) is 0 Å². The predicted octanol–water partition coefficient (Wildman–Crippen LogP) is 2.75. The van der Waals surface area contributed by atoms with E-state index in [4.69, 9.17) is 0 Å². The minimum Gasteiger partial charge on any atom is -0.505 e. The molecule has 1 rings (SSSR count). The van der Waals surface area contributed by atoms with E-state index in [1.807, 2.05) is 0 Å². The zero-order valence-electron chi connectivity index (χ0n) is 7.21. The summed E-state index contributed by atoms with van der Waals surface area (Å²) < 4.78 is 0.509. The predicted molar refractivity (Wildman–Crippen MR) is 52.1 cm³/mol. The van der Waals surface area contributed by atoms with Crippen LogP contribution in [0.5, 0.6) is 5.75 Å². The summed E-state index contributed by atoms with van der Waals surface area (Å²) in [5, 5.41) is 9.30. The Morgan fingerprint density at radius 1 is 1.58 bits per heavy atom. The van der Waals surface area contributed by atoms with E-state index in [-0.39, 0.29) is 5.75 Å². The number of aromatic nitrogens is 1. The molecule has 0 saturated heterocycles. The number of aromatic hydroxyl groups is 1. The van der Waals surface area contributed by atoms with E-state index in [1.54, 1.807) is 12.3 Å². The van der Waals surface area contributed by atoms with Gasteiger partial charge >= 0.3 is 0 Å². The zero-order valence-corrected chi connectivity index (χ0v) is 8.80. The second-order valence-corrected chi connectivity index (χ2v) is 4.00. The summed E-state index contributed by atoms with van der Waals surface area (Å²) in [5.41, 5.74) is 1.07. The van der Waals surface area contributed by atoms with E-state index in [0.717, 1.165) is 12.0 Å². The monoisotopic (exact) mass is 229 g/mol. The van der Waals surface area contributed by atoms with Gasteiger partial charge in [-0.3, -0.25) is 0 Å². The minimum absolute atomic E-state index is 0.216. The molecule has 0 radical (unpaired) electrons. The van der Waals surface area contributed by atoms with Crippen LogP contribution in [0, 0.1) is 5.92 Å². The molecule has 0 bridgehead atoms. The average molecular weight is 230 g/mol. The Labute approximate surface area is 80.8 Å². The zero-order chi connectivity index (χ0) is 9.14. The van der Waals surface area contributed by atoms with Crippen LogP contribution in [-0.2, 0) is 6.42 Å². The van der Waals surface area contributed by atoms with Crippen LogP contribution in [0.4, 0.5) is 0 Å². The second-order valence-electron chi connectivity index (χ2n) is 3.25. The number of hydrogen-bond donors (Lipinski definition) is 1. The molecule has 0 unspecified atom stereocenters.